The Balaban J connectivity index is 1.33. The summed E-state index contributed by atoms with van der Waals surface area (Å²) in [7, 11) is 1.53. The van der Waals surface area contributed by atoms with Gasteiger partial charge in [-0.25, -0.2) is 14.4 Å². The SMILES string of the molecule is COc1c(-c2cnc(C3CCC4CC(c5c(-n6cnnn6)ccc(Cl)c5F)=CC(=O)N43)[nH]2)ccnc1N. The highest BCUT2D eigenvalue weighted by molar-refractivity contribution is 6.31. The maximum Gasteiger partial charge on any atom is 0.247 e. The number of ether oxygens (including phenoxy) is 1. The fraction of sp³-hybridized carbons (Fsp3) is 0.250. The largest absolute Gasteiger partial charge is 0.492 e. The van der Waals surface area contributed by atoms with Crippen LogP contribution in [0.2, 0.25) is 5.02 Å². The van der Waals surface area contributed by atoms with Gasteiger partial charge in [-0.2, -0.15) is 4.68 Å². The summed E-state index contributed by atoms with van der Waals surface area (Å²) in [5, 5.41) is 11.1. The minimum absolute atomic E-state index is 0.0396. The van der Waals surface area contributed by atoms with E-state index in [1.165, 1.54) is 30.3 Å². The van der Waals surface area contributed by atoms with Crippen molar-refractivity contribution in [3.63, 3.8) is 0 Å². The third-order valence-corrected chi connectivity index (χ3v) is 7.13. The van der Waals surface area contributed by atoms with Gasteiger partial charge in [-0.15, -0.1) is 5.10 Å². The predicted molar refractivity (Wildman–Crippen MR) is 132 cm³/mol. The second-order valence-corrected chi connectivity index (χ2v) is 9.24. The van der Waals surface area contributed by atoms with E-state index in [1.807, 2.05) is 4.90 Å². The number of hydrogen-bond donors (Lipinski definition) is 2. The summed E-state index contributed by atoms with van der Waals surface area (Å²) in [6.45, 7) is 0. The summed E-state index contributed by atoms with van der Waals surface area (Å²) in [4.78, 5) is 27.2. The number of H-pyrrole nitrogens is 1. The number of carbonyl (C=O) groups excluding carboxylic acids is 1. The van der Waals surface area contributed by atoms with Gasteiger partial charge in [0, 0.05) is 29.4 Å². The Bertz CT molecular complexity index is 1540. The summed E-state index contributed by atoms with van der Waals surface area (Å²) < 4.78 is 22.1. The predicted octanol–water partition coefficient (Wildman–Crippen LogP) is 3.35. The van der Waals surface area contributed by atoms with Crippen molar-refractivity contribution in [2.45, 2.75) is 31.3 Å². The average Bonchev–Trinajstić information content (AvgIpc) is 3.66. The number of nitrogens with two attached hydrogens (primary N) is 1. The summed E-state index contributed by atoms with van der Waals surface area (Å²) in [5.74, 6) is 0.543. The Labute approximate surface area is 215 Å². The number of methoxy groups -OCH3 is 1. The van der Waals surface area contributed by atoms with E-state index in [0.29, 0.717) is 41.4 Å². The van der Waals surface area contributed by atoms with Gasteiger partial charge in [0.05, 0.1) is 35.8 Å². The van der Waals surface area contributed by atoms with Crippen molar-refractivity contribution in [3.8, 4) is 22.7 Å². The monoisotopic (exact) mass is 521 g/mol. The van der Waals surface area contributed by atoms with Gasteiger partial charge in [-0.3, -0.25) is 4.79 Å². The van der Waals surface area contributed by atoms with Gasteiger partial charge in [0.15, 0.2) is 17.4 Å². The Kier molecular flexibility index (Phi) is 5.60. The molecule has 0 aliphatic carbocycles. The number of anilines is 1. The van der Waals surface area contributed by atoms with Gasteiger partial charge < -0.3 is 20.4 Å². The molecular formula is C24H21ClFN9O2. The number of nitrogen functional groups attached to an aromatic ring is 1. The zero-order chi connectivity index (χ0) is 25.7. The Morgan fingerprint density at radius 1 is 1.24 bits per heavy atom. The van der Waals surface area contributed by atoms with E-state index < -0.39 is 5.82 Å². The van der Waals surface area contributed by atoms with Gasteiger partial charge in [0.2, 0.25) is 5.91 Å². The highest BCUT2D eigenvalue weighted by atomic mass is 35.5. The number of halogens is 2. The minimum Gasteiger partial charge on any atom is -0.492 e. The van der Waals surface area contributed by atoms with Crippen LogP contribution < -0.4 is 10.5 Å². The summed E-state index contributed by atoms with van der Waals surface area (Å²) in [6, 6.07) is 4.49. The molecule has 0 radical (unpaired) electrons. The first-order chi connectivity index (χ1) is 18.0. The van der Waals surface area contributed by atoms with Crippen molar-refractivity contribution in [1.82, 2.24) is 40.1 Å². The first kappa shape index (κ1) is 23.1. The van der Waals surface area contributed by atoms with Gasteiger partial charge in [0.25, 0.3) is 0 Å². The quantitative estimate of drug-likeness (QED) is 0.407. The fourth-order valence-electron chi connectivity index (χ4n) is 5.24. The van der Waals surface area contributed by atoms with E-state index in [1.54, 1.807) is 24.5 Å². The smallest absolute Gasteiger partial charge is 0.247 e. The van der Waals surface area contributed by atoms with E-state index >= 15 is 4.39 Å². The van der Waals surface area contributed by atoms with E-state index in [2.05, 4.69) is 30.5 Å². The lowest BCUT2D eigenvalue weighted by molar-refractivity contribution is -0.129. The van der Waals surface area contributed by atoms with E-state index in [0.717, 1.165) is 12.0 Å². The highest BCUT2D eigenvalue weighted by Gasteiger charge is 2.42. The third kappa shape index (κ3) is 3.80. The molecule has 2 atom stereocenters. The van der Waals surface area contributed by atoms with Crippen LogP contribution in [0.15, 0.2) is 43.0 Å². The molecule has 1 amide bonds. The average molecular weight is 522 g/mol. The van der Waals surface area contributed by atoms with Gasteiger partial charge in [0.1, 0.15) is 12.2 Å². The molecule has 1 aromatic carbocycles. The van der Waals surface area contributed by atoms with Crippen molar-refractivity contribution < 1.29 is 13.9 Å². The number of nitrogens with one attached hydrogen (secondary N) is 1. The molecule has 1 fully saturated rings. The summed E-state index contributed by atoms with van der Waals surface area (Å²) >= 11 is 6.11. The molecule has 6 rings (SSSR count). The van der Waals surface area contributed by atoms with Crippen LogP contribution in [-0.2, 0) is 4.79 Å². The molecule has 0 saturated carbocycles. The van der Waals surface area contributed by atoms with Crippen LogP contribution >= 0.6 is 11.6 Å². The Hall–Kier alpha value is -4.32. The molecular weight excluding hydrogens is 501 g/mol. The molecule has 2 unspecified atom stereocenters. The number of rotatable bonds is 5. The number of tetrazole rings is 1. The first-order valence-electron chi connectivity index (χ1n) is 11.5. The molecule has 11 nitrogen and oxygen atoms in total. The van der Waals surface area contributed by atoms with Crippen molar-refractivity contribution in [1.29, 1.82) is 0 Å². The number of nitrogens with zero attached hydrogens (tertiary/aromatic N) is 7. The zero-order valence-corrected chi connectivity index (χ0v) is 20.4. The topological polar surface area (TPSA) is 141 Å². The lowest BCUT2D eigenvalue weighted by Crippen LogP contribution is -2.39. The molecule has 1 saturated heterocycles. The van der Waals surface area contributed by atoms with Crippen LogP contribution in [0.1, 0.15) is 36.7 Å². The number of amides is 1. The lowest BCUT2D eigenvalue weighted by atomic mass is 9.92. The first-order valence-corrected chi connectivity index (χ1v) is 11.9. The molecule has 2 aliphatic rings. The highest BCUT2D eigenvalue weighted by Crippen LogP contribution is 2.44. The van der Waals surface area contributed by atoms with Crippen LogP contribution in [0.3, 0.4) is 0 Å². The minimum atomic E-state index is -0.613. The number of hydrogen-bond acceptors (Lipinski definition) is 8. The lowest BCUT2D eigenvalue weighted by Gasteiger charge is -2.33. The third-order valence-electron chi connectivity index (χ3n) is 6.84. The molecule has 3 aromatic heterocycles. The van der Waals surface area contributed by atoms with Crippen molar-refractivity contribution >= 4 is 28.9 Å². The number of aromatic nitrogens is 7. The molecule has 37 heavy (non-hydrogen) atoms. The van der Waals surface area contributed by atoms with Crippen molar-refractivity contribution in [2.75, 3.05) is 12.8 Å². The number of fused-ring (bicyclic) bond motifs is 1. The Morgan fingerprint density at radius 3 is 2.89 bits per heavy atom. The molecule has 0 spiro atoms. The number of benzene rings is 1. The van der Waals surface area contributed by atoms with E-state index in [-0.39, 0.29) is 34.4 Å². The second-order valence-electron chi connectivity index (χ2n) is 8.84. The van der Waals surface area contributed by atoms with E-state index in [9.17, 15) is 4.79 Å². The van der Waals surface area contributed by atoms with Crippen molar-refractivity contribution in [3.05, 3.63) is 65.2 Å². The fourth-order valence-corrected chi connectivity index (χ4v) is 5.40. The van der Waals surface area contributed by atoms with Gasteiger partial charge in [-0.1, -0.05) is 11.6 Å². The molecule has 5 heterocycles. The van der Waals surface area contributed by atoms with E-state index in [4.69, 9.17) is 22.1 Å². The molecule has 0 bridgehead atoms. The molecule has 3 N–H and O–H groups in total. The number of imidazole rings is 1. The van der Waals surface area contributed by atoms with Gasteiger partial charge in [-0.05, 0) is 53.5 Å². The molecule has 4 aromatic rings. The van der Waals surface area contributed by atoms with Gasteiger partial charge >= 0.3 is 0 Å². The van der Waals surface area contributed by atoms with Crippen LogP contribution in [-0.4, -0.2) is 59.1 Å². The molecule has 188 valence electrons. The number of aromatic amines is 1. The van der Waals surface area contributed by atoms with Crippen LogP contribution in [0.25, 0.3) is 22.5 Å². The maximum atomic E-state index is 15.3. The standard InChI is InChI=1S/C24H21ClFN9O2/c1-37-22-14(6-7-28-23(22)27)16-10-29-24(31-16)18-4-2-13-8-12(9-19(36)35(13)18)20-17(34-11-30-32-33-34)5-3-15(25)21(20)26/h3,5-7,9-11,13,18H,2,4,8H2,1H3,(H2,27,28)(H,29,31). The second kappa shape index (κ2) is 8.96. The van der Waals surface area contributed by atoms with Crippen LogP contribution in [0.4, 0.5) is 10.2 Å². The van der Waals surface area contributed by atoms with Crippen LogP contribution in [0.5, 0.6) is 5.75 Å². The van der Waals surface area contributed by atoms with Crippen molar-refractivity contribution in [2.24, 2.45) is 0 Å². The maximum absolute atomic E-state index is 15.3. The normalized spacial score (nSPS) is 19.2. The number of carbonyl (C=O) groups is 1. The van der Waals surface area contributed by atoms with Crippen LogP contribution in [0, 0.1) is 5.82 Å². The molecule has 13 heteroatoms. The summed E-state index contributed by atoms with van der Waals surface area (Å²) in [6.07, 6.45) is 8.02. The molecule has 2 aliphatic heterocycles. The number of pyridine rings is 1. The summed E-state index contributed by atoms with van der Waals surface area (Å²) in [5.41, 5.74) is 8.56. The Morgan fingerprint density at radius 2 is 2.11 bits per heavy atom. The zero-order valence-electron chi connectivity index (χ0n) is 19.6.